The molecule has 4 nitrogen and oxygen atoms in total. The summed E-state index contributed by atoms with van der Waals surface area (Å²) in [4.78, 5) is 26.7. The average molecular weight is 344 g/mol. The number of hydrogen-bond acceptors (Lipinski definition) is 2. The number of halogens is 1. The standard InChI is InChI=1S/C12H13IN2O2/c1-2-3-7-15-11(16)8-5-4-6-9(13)10(8)14-12(15)17/h4-6H,2-3,7H2,1H3,(H,14,17). The molecule has 0 spiro atoms. The van der Waals surface area contributed by atoms with Gasteiger partial charge in [0.25, 0.3) is 5.56 Å². The predicted octanol–water partition coefficient (Wildman–Crippen LogP) is 2.09. The summed E-state index contributed by atoms with van der Waals surface area (Å²) in [6, 6.07) is 5.45. The van der Waals surface area contributed by atoms with E-state index in [1.54, 1.807) is 6.07 Å². The van der Waals surface area contributed by atoms with Gasteiger partial charge < -0.3 is 4.98 Å². The summed E-state index contributed by atoms with van der Waals surface area (Å²) in [5.41, 5.74) is 0.117. The van der Waals surface area contributed by atoms with Gasteiger partial charge >= 0.3 is 5.69 Å². The third-order valence-electron chi connectivity index (χ3n) is 2.70. The van der Waals surface area contributed by atoms with Crippen molar-refractivity contribution in [1.82, 2.24) is 9.55 Å². The molecule has 0 aliphatic rings. The second-order valence-corrected chi connectivity index (χ2v) is 5.07. The molecule has 2 rings (SSSR count). The van der Waals surface area contributed by atoms with Crippen molar-refractivity contribution in [3.8, 4) is 0 Å². The highest BCUT2D eigenvalue weighted by atomic mass is 127. The van der Waals surface area contributed by atoms with Crippen molar-refractivity contribution in [2.24, 2.45) is 0 Å². The molecule has 0 aliphatic carbocycles. The minimum absolute atomic E-state index is 0.198. The summed E-state index contributed by atoms with van der Waals surface area (Å²) in [5, 5.41) is 0.576. The van der Waals surface area contributed by atoms with E-state index in [4.69, 9.17) is 0 Å². The molecule has 0 radical (unpaired) electrons. The number of hydrogen-bond donors (Lipinski definition) is 1. The highest BCUT2D eigenvalue weighted by Crippen LogP contribution is 2.13. The van der Waals surface area contributed by atoms with Crippen LogP contribution in [0, 0.1) is 3.57 Å². The minimum atomic E-state index is -0.319. The van der Waals surface area contributed by atoms with Crippen LogP contribution < -0.4 is 11.2 Å². The lowest BCUT2D eigenvalue weighted by molar-refractivity contribution is 0.589. The molecule has 0 saturated heterocycles. The number of nitrogens with zero attached hydrogens (tertiary/aromatic N) is 1. The highest BCUT2D eigenvalue weighted by molar-refractivity contribution is 14.1. The molecule has 1 N–H and O–H groups in total. The SMILES string of the molecule is CCCCn1c(=O)[nH]c2c(I)cccc2c1=O. The van der Waals surface area contributed by atoms with Crippen LogP contribution in [-0.2, 0) is 6.54 Å². The van der Waals surface area contributed by atoms with Gasteiger partial charge in [-0.15, -0.1) is 0 Å². The molecule has 1 heterocycles. The number of unbranched alkanes of at least 4 members (excludes halogenated alkanes) is 1. The second-order valence-electron chi connectivity index (χ2n) is 3.90. The summed E-state index contributed by atoms with van der Waals surface area (Å²) in [5.74, 6) is 0. The molecule has 1 aromatic carbocycles. The first-order valence-electron chi connectivity index (χ1n) is 5.56. The van der Waals surface area contributed by atoms with Gasteiger partial charge in [0.15, 0.2) is 0 Å². The minimum Gasteiger partial charge on any atom is -0.306 e. The Balaban J connectivity index is 2.73. The molecular weight excluding hydrogens is 331 g/mol. The lowest BCUT2D eigenvalue weighted by atomic mass is 10.2. The van der Waals surface area contributed by atoms with Crippen LogP contribution in [0.5, 0.6) is 0 Å². The lowest BCUT2D eigenvalue weighted by Gasteiger charge is -2.06. The van der Waals surface area contributed by atoms with Crippen LogP contribution in [0.15, 0.2) is 27.8 Å². The quantitative estimate of drug-likeness (QED) is 0.867. The number of nitrogens with one attached hydrogen (secondary N) is 1. The van der Waals surface area contributed by atoms with Gasteiger partial charge in [-0.1, -0.05) is 19.4 Å². The van der Waals surface area contributed by atoms with Crippen molar-refractivity contribution in [2.75, 3.05) is 0 Å². The Kier molecular flexibility index (Phi) is 3.66. The average Bonchev–Trinajstić information content (AvgIpc) is 2.31. The van der Waals surface area contributed by atoms with Crippen LogP contribution in [-0.4, -0.2) is 9.55 Å². The zero-order valence-electron chi connectivity index (χ0n) is 9.50. The van der Waals surface area contributed by atoms with Crippen LogP contribution >= 0.6 is 22.6 Å². The van der Waals surface area contributed by atoms with Crippen molar-refractivity contribution >= 4 is 33.5 Å². The fourth-order valence-corrected chi connectivity index (χ4v) is 2.39. The summed E-state index contributed by atoms with van der Waals surface area (Å²) in [6.45, 7) is 2.51. The molecule has 5 heteroatoms. The predicted molar refractivity (Wildman–Crippen MR) is 76.5 cm³/mol. The van der Waals surface area contributed by atoms with E-state index in [0.717, 1.165) is 16.4 Å². The Morgan fingerprint density at radius 2 is 2.12 bits per heavy atom. The lowest BCUT2D eigenvalue weighted by Crippen LogP contribution is -2.35. The van der Waals surface area contributed by atoms with Crippen LogP contribution in [0.3, 0.4) is 0 Å². The van der Waals surface area contributed by atoms with Gasteiger partial charge in [0.1, 0.15) is 0 Å². The Hall–Kier alpha value is -1.11. The number of fused-ring (bicyclic) bond motifs is 1. The first-order chi connectivity index (χ1) is 8.15. The Bertz CT molecular complexity index is 658. The summed E-state index contributed by atoms with van der Waals surface area (Å²) in [7, 11) is 0. The summed E-state index contributed by atoms with van der Waals surface area (Å²) < 4.78 is 2.17. The molecule has 0 fully saturated rings. The van der Waals surface area contributed by atoms with E-state index in [1.807, 2.05) is 19.1 Å². The van der Waals surface area contributed by atoms with Gasteiger partial charge in [0.05, 0.1) is 10.9 Å². The van der Waals surface area contributed by atoms with E-state index in [0.29, 0.717) is 17.4 Å². The number of para-hydroxylation sites is 1. The van der Waals surface area contributed by atoms with Crippen molar-refractivity contribution in [2.45, 2.75) is 26.3 Å². The molecule has 0 unspecified atom stereocenters. The molecule has 0 atom stereocenters. The first kappa shape index (κ1) is 12.3. The monoisotopic (exact) mass is 344 g/mol. The molecule has 0 saturated carbocycles. The number of benzene rings is 1. The van der Waals surface area contributed by atoms with Gasteiger partial charge in [-0.3, -0.25) is 9.36 Å². The Morgan fingerprint density at radius 1 is 1.35 bits per heavy atom. The van der Waals surface area contributed by atoms with Gasteiger partial charge in [0.2, 0.25) is 0 Å². The maximum atomic E-state index is 12.1. The van der Waals surface area contributed by atoms with E-state index in [2.05, 4.69) is 27.6 Å². The zero-order chi connectivity index (χ0) is 12.4. The van der Waals surface area contributed by atoms with E-state index >= 15 is 0 Å². The van der Waals surface area contributed by atoms with Crippen LogP contribution in [0.4, 0.5) is 0 Å². The van der Waals surface area contributed by atoms with Gasteiger partial charge in [-0.05, 0) is 41.1 Å². The van der Waals surface area contributed by atoms with E-state index in [9.17, 15) is 9.59 Å². The second kappa shape index (κ2) is 5.03. The van der Waals surface area contributed by atoms with Crippen LogP contribution in [0.2, 0.25) is 0 Å². The largest absolute Gasteiger partial charge is 0.328 e. The smallest absolute Gasteiger partial charge is 0.306 e. The van der Waals surface area contributed by atoms with Crippen molar-refractivity contribution in [3.05, 3.63) is 42.6 Å². The van der Waals surface area contributed by atoms with Crippen LogP contribution in [0.1, 0.15) is 19.8 Å². The van der Waals surface area contributed by atoms with E-state index < -0.39 is 0 Å². The third-order valence-corrected chi connectivity index (χ3v) is 3.60. The van der Waals surface area contributed by atoms with Crippen molar-refractivity contribution in [1.29, 1.82) is 0 Å². The summed E-state index contributed by atoms with van der Waals surface area (Å²) >= 11 is 2.11. The third kappa shape index (κ3) is 2.29. The van der Waals surface area contributed by atoms with Crippen LogP contribution in [0.25, 0.3) is 10.9 Å². The number of rotatable bonds is 3. The number of H-pyrrole nitrogens is 1. The number of aromatic nitrogens is 2. The number of aromatic amines is 1. The Labute approximate surface area is 112 Å². The summed E-state index contributed by atoms with van der Waals surface area (Å²) in [6.07, 6.45) is 1.79. The highest BCUT2D eigenvalue weighted by Gasteiger charge is 2.08. The maximum absolute atomic E-state index is 12.1. The van der Waals surface area contributed by atoms with Crippen molar-refractivity contribution in [3.63, 3.8) is 0 Å². The molecular formula is C12H13IN2O2. The van der Waals surface area contributed by atoms with E-state index in [-0.39, 0.29) is 11.2 Å². The molecule has 0 aliphatic heterocycles. The fraction of sp³-hybridized carbons (Fsp3) is 0.333. The maximum Gasteiger partial charge on any atom is 0.328 e. The van der Waals surface area contributed by atoms with Gasteiger partial charge in [-0.2, -0.15) is 0 Å². The Morgan fingerprint density at radius 3 is 2.82 bits per heavy atom. The molecule has 0 bridgehead atoms. The topological polar surface area (TPSA) is 54.9 Å². The fourth-order valence-electron chi connectivity index (χ4n) is 1.76. The van der Waals surface area contributed by atoms with Gasteiger partial charge in [0, 0.05) is 10.1 Å². The molecule has 17 heavy (non-hydrogen) atoms. The zero-order valence-corrected chi connectivity index (χ0v) is 11.7. The molecule has 2 aromatic rings. The first-order valence-corrected chi connectivity index (χ1v) is 6.64. The van der Waals surface area contributed by atoms with Gasteiger partial charge in [-0.25, -0.2) is 4.79 Å². The molecule has 0 amide bonds. The van der Waals surface area contributed by atoms with Crippen molar-refractivity contribution < 1.29 is 0 Å². The molecule has 90 valence electrons. The molecule has 1 aromatic heterocycles. The normalized spacial score (nSPS) is 10.9. The van der Waals surface area contributed by atoms with E-state index in [1.165, 1.54) is 4.57 Å².